The van der Waals surface area contributed by atoms with E-state index in [-0.39, 0.29) is 0 Å². The van der Waals surface area contributed by atoms with Gasteiger partial charge < -0.3 is 4.90 Å². The quantitative estimate of drug-likeness (QED) is 0.744. The number of hydrogen-bond donors (Lipinski definition) is 0. The van der Waals surface area contributed by atoms with Crippen molar-refractivity contribution in [1.29, 1.82) is 0 Å². The molecule has 1 aliphatic heterocycles. The molecule has 0 aliphatic carbocycles. The Morgan fingerprint density at radius 2 is 1.86 bits per heavy atom. The molecule has 0 N–H and O–H groups in total. The normalized spacial score (nSPS) is 16.5. The smallest absolute Gasteiger partial charge is 0.286 e. The summed E-state index contributed by atoms with van der Waals surface area (Å²) in [5.74, 6) is 0.898. The van der Waals surface area contributed by atoms with Crippen LogP contribution in [0.25, 0.3) is 0 Å². The standard InChI is InChI=1S/C15H22N2O2S2/c1-3-5-11-17-13-9-7-8-10-14(13)21(18,19)16-15(17)20-12-6-4-2/h7-10H,3-6,11-12H2,1-2H3. The molecule has 2 rings (SSSR count). The summed E-state index contributed by atoms with van der Waals surface area (Å²) in [6, 6.07) is 7.14. The number of amidine groups is 1. The maximum atomic E-state index is 12.3. The highest BCUT2D eigenvalue weighted by molar-refractivity contribution is 8.14. The van der Waals surface area contributed by atoms with Crippen LogP contribution < -0.4 is 4.90 Å². The molecule has 0 unspecified atom stereocenters. The van der Waals surface area contributed by atoms with Crippen LogP contribution in [-0.2, 0) is 10.0 Å². The minimum atomic E-state index is -3.56. The first-order valence-electron chi connectivity index (χ1n) is 7.44. The maximum absolute atomic E-state index is 12.3. The van der Waals surface area contributed by atoms with Crippen LogP contribution in [-0.4, -0.2) is 25.9 Å². The SMILES string of the molecule is CCCCSC1=NS(=O)(=O)c2ccccc2N1CCCC. The molecule has 6 heteroatoms. The van der Waals surface area contributed by atoms with Gasteiger partial charge in [0.25, 0.3) is 10.0 Å². The zero-order valence-electron chi connectivity index (χ0n) is 12.6. The first-order valence-corrected chi connectivity index (χ1v) is 9.87. The van der Waals surface area contributed by atoms with Gasteiger partial charge in [0.2, 0.25) is 0 Å². The molecule has 0 atom stereocenters. The van der Waals surface area contributed by atoms with Crippen molar-refractivity contribution in [2.24, 2.45) is 4.40 Å². The van der Waals surface area contributed by atoms with E-state index in [2.05, 4.69) is 23.1 Å². The molecule has 0 amide bonds. The zero-order valence-corrected chi connectivity index (χ0v) is 14.2. The molecule has 0 bridgehead atoms. The number of nitrogens with zero attached hydrogens (tertiary/aromatic N) is 2. The number of sulfonamides is 1. The lowest BCUT2D eigenvalue weighted by Gasteiger charge is -2.30. The predicted octanol–water partition coefficient (Wildman–Crippen LogP) is 3.88. The largest absolute Gasteiger partial charge is 0.319 e. The van der Waals surface area contributed by atoms with E-state index in [4.69, 9.17) is 0 Å². The number of fused-ring (bicyclic) bond motifs is 1. The molecule has 116 valence electrons. The first kappa shape index (κ1) is 16.4. The molecule has 0 saturated heterocycles. The Balaban J connectivity index is 2.35. The van der Waals surface area contributed by atoms with Crippen molar-refractivity contribution in [3.05, 3.63) is 24.3 Å². The first-order chi connectivity index (χ1) is 10.1. The average molecular weight is 326 g/mol. The summed E-state index contributed by atoms with van der Waals surface area (Å²) in [6.07, 6.45) is 4.24. The van der Waals surface area contributed by atoms with E-state index < -0.39 is 10.0 Å². The summed E-state index contributed by atoms with van der Waals surface area (Å²) in [7, 11) is -3.56. The fourth-order valence-corrected chi connectivity index (χ4v) is 4.71. The number of anilines is 1. The van der Waals surface area contributed by atoms with E-state index in [0.717, 1.165) is 43.7 Å². The Hall–Kier alpha value is -1.01. The van der Waals surface area contributed by atoms with Crippen molar-refractivity contribution in [3.63, 3.8) is 0 Å². The lowest BCUT2D eigenvalue weighted by molar-refractivity contribution is 0.596. The highest BCUT2D eigenvalue weighted by Gasteiger charge is 2.30. The Morgan fingerprint density at radius 1 is 1.14 bits per heavy atom. The molecule has 0 fully saturated rings. The highest BCUT2D eigenvalue weighted by atomic mass is 32.2. The fraction of sp³-hybridized carbons (Fsp3) is 0.533. The van der Waals surface area contributed by atoms with Crippen LogP contribution in [0.1, 0.15) is 39.5 Å². The molecule has 1 aromatic rings. The van der Waals surface area contributed by atoms with Gasteiger partial charge in [0.05, 0.1) is 5.69 Å². The number of thioether (sulfide) groups is 1. The monoisotopic (exact) mass is 326 g/mol. The summed E-state index contributed by atoms with van der Waals surface area (Å²) in [5, 5.41) is 0.621. The Kier molecular flexibility index (Phi) is 5.70. The number of para-hydroxylation sites is 1. The van der Waals surface area contributed by atoms with E-state index in [1.807, 2.05) is 12.1 Å². The fourth-order valence-electron chi connectivity index (χ4n) is 2.15. The minimum Gasteiger partial charge on any atom is -0.319 e. The zero-order chi connectivity index (χ0) is 15.3. The van der Waals surface area contributed by atoms with E-state index in [1.165, 1.54) is 0 Å². The third-order valence-electron chi connectivity index (χ3n) is 3.33. The lowest BCUT2D eigenvalue weighted by Crippen LogP contribution is -2.34. The van der Waals surface area contributed by atoms with Gasteiger partial charge in [0.15, 0.2) is 5.17 Å². The van der Waals surface area contributed by atoms with Crippen LogP contribution in [0.4, 0.5) is 5.69 Å². The van der Waals surface area contributed by atoms with Gasteiger partial charge in [-0.3, -0.25) is 0 Å². The summed E-state index contributed by atoms with van der Waals surface area (Å²) in [5.41, 5.74) is 0.764. The van der Waals surface area contributed by atoms with Crippen LogP contribution in [0.2, 0.25) is 0 Å². The molecule has 0 aromatic heterocycles. The van der Waals surface area contributed by atoms with Crippen LogP contribution in [0.15, 0.2) is 33.6 Å². The second-order valence-electron chi connectivity index (χ2n) is 5.02. The van der Waals surface area contributed by atoms with Crippen molar-refractivity contribution >= 4 is 32.6 Å². The van der Waals surface area contributed by atoms with E-state index in [0.29, 0.717) is 10.1 Å². The second kappa shape index (κ2) is 7.31. The predicted molar refractivity (Wildman–Crippen MR) is 90.7 cm³/mol. The Labute approximate surface area is 131 Å². The van der Waals surface area contributed by atoms with Crippen LogP contribution in [0.5, 0.6) is 0 Å². The second-order valence-corrected chi connectivity index (χ2v) is 7.66. The molecule has 0 spiro atoms. The van der Waals surface area contributed by atoms with Gasteiger partial charge in [-0.05, 0) is 25.0 Å². The van der Waals surface area contributed by atoms with Crippen LogP contribution in [0, 0.1) is 0 Å². The third kappa shape index (κ3) is 3.80. The van der Waals surface area contributed by atoms with Crippen molar-refractivity contribution in [2.45, 2.75) is 44.4 Å². The van der Waals surface area contributed by atoms with Gasteiger partial charge in [-0.1, -0.05) is 50.6 Å². The molecule has 0 saturated carbocycles. The van der Waals surface area contributed by atoms with Gasteiger partial charge >= 0.3 is 0 Å². The van der Waals surface area contributed by atoms with Crippen LogP contribution >= 0.6 is 11.8 Å². The number of hydrogen-bond acceptors (Lipinski definition) is 4. The molecule has 1 aliphatic rings. The maximum Gasteiger partial charge on any atom is 0.286 e. The van der Waals surface area contributed by atoms with E-state index in [1.54, 1.807) is 23.9 Å². The molecule has 1 aromatic carbocycles. The van der Waals surface area contributed by atoms with Gasteiger partial charge in [-0.15, -0.1) is 4.40 Å². The Morgan fingerprint density at radius 3 is 2.57 bits per heavy atom. The van der Waals surface area contributed by atoms with E-state index in [9.17, 15) is 8.42 Å². The number of benzene rings is 1. The summed E-state index contributed by atoms with van der Waals surface area (Å²) < 4.78 is 28.7. The summed E-state index contributed by atoms with van der Waals surface area (Å²) in [4.78, 5) is 2.38. The van der Waals surface area contributed by atoms with E-state index >= 15 is 0 Å². The summed E-state index contributed by atoms with van der Waals surface area (Å²) in [6.45, 7) is 5.07. The number of unbranched alkanes of at least 4 members (excludes halogenated alkanes) is 2. The van der Waals surface area contributed by atoms with Gasteiger partial charge in [-0.25, -0.2) is 0 Å². The number of rotatable bonds is 6. The van der Waals surface area contributed by atoms with Crippen molar-refractivity contribution in [1.82, 2.24) is 0 Å². The lowest BCUT2D eigenvalue weighted by atomic mass is 10.2. The van der Waals surface area contributed by atoms with Crippen molar-refractivity contribution < 1.29 is 8.42 Å². The van der Waals surface area contributed by atoms with Gasteiger partial charge in [0, 0.05) is 12.3 Å². The molecular weight excluding hydrogens is 304 g/mol. The molecular formula is C15H22N2O2S2. The van der Waals surface area contributed by atoms with Crippen molar-refractivity contribution in [3.8, 4) is 0 Å². The van der Waals surface area contributed by atoms with Crippen LogP contribution in [0.3, 0.4) is 0 Å². The topological polar surface area (TPSA) is 49.7 Å². The average Bonchev–Trinajstić information content (AvgIpc) is 2.47. The molecule has 21 heavy (non-hydrogen) atoms. The molecule has 4 nitrogen and oxygen atoms in total. The third-order valence-corrected chi connectivity index (χ3v) is 5.82. The van der Waals surface area contributed by atoms with Gasteiger partial charge in [0.1, 0.15) is 4.90 Å². The molecule has 0 radical (unpaired) electrons. The summed E-state index contributed by atoms with van der Waals surface area (Å²) >= 11 is 1.54. The molecule has 1 heterocycles. The highest BCUT2D eigenvalue weighted by Crippen LogP contribution is 2.34. The van der Waals surface area contributed by atoms with Crippen molar-refractivity contribution in [2.75, 3.05) is 17.2 Å². The Bertz CT molecular complexity index is 612. The minimum absolute atomic E-state index is 0.320. The van der Waals surface area contributed by atoms with Gasteiger partial charge in [-0.2, -0.15) is 8.42 Å².